The fourth-order valence-electron chi connectivity index (χ4n) is 0.864. The summed E-state index contributed by atoms with van der Waals surface area (Å²) in [4.78, 5) is 22.6. The molecule has 14 heavy (non-hydrogen) atoms. The van der Waals surface area contributed by atoms with E-state index < -0.39 is 35.0 Å². The van der Waals surface area contributed by atoms with Crippen molar-refractivity contribution in [2.24, 2.45) is 0 Å². The summed E-state index contributed by atoms with van der Waals surface area (Å²) >= 11 is 0. The molecule has 0 atom stereocenters. The number of carbonyl (C=O) groups is 1. The summed E-state index contributed by atoms with van der Waals surface area (Å²) in [6.07, 6.45) is -3.06. The molecule has 0 bridgehead atoms. The molecular weight excluding hydrogens is 203 g/mol. The molecule has 7 heteroatoms. The van der Waals surface area contributed by atoms with E-state index in [1.165, 1.54) is 0 Å². The van der Waals surface area contributed by atoms with E-state index in [-0.39, 0.29) is 6.07 Å². The minimum Gasteiger partial charge on any atom is -0.477 e. The summed E-state index contributed by atoms with van der Waals surface area (Å²) in [5.41, 5.74) is -3.50. The number of carboxylic acids is 1. The summed E-state index contributed by atoms with van der Waals surface area (Å²) < 4.78 is 36.7. The van der Waals surface area contributed by atoms with E-state index in [1.54, 1.807) is 4.98 Å². The number of hydrogen-bond donors (Lipinski definition) is 2. The molecule has 0 aliphatic rings. The molecule has 76 valence electrons. The predicted octanol–water partition coefficient (Wildman–Crippen LogP) is 1.15. The first kappa shape index (κ1) is 10.3. The first-order chi connectivity index (χ1) is 6.43. The van der Waals surface area contributed by atoms with E-state index >= 15 is 0 Å². The van der Waals surface area contributed by atoms with Crippen LogP contribution in [0.15, 0.2) is 10.9 Å². The average molecular weight is 207 g/mol. The highest BCUT2D eigenvalue weighted by atomic mass is 19.3. The molecule has 0 amide bonds. The topological polar surface area (TPSA) is 70.2 Å². The van der Waals surface area contributed by atoms with Gasteiger partial charge < -0.3 is 10.1 Å². The third-order valence-corrected chi connectivity index (χ3v) is 1.45. The lowest BCUT2D eigenvalue weighted by Gasteiger charge is -2.01. The van der Waals surface area contributed by atoms with Crippen LogP contribution in [0.2, 0.25) is 0 Å². The number of nitrogens with one attached hydrogen (secondary N) is 1. The lowest BCUT2D eigenvalue weighted by molar-refractivity contribution is 0.0688. The summed E-state index contributed by atoms with van der Waals surface area (Å²) in [5.74, 6) is -3.28. The maximum atomic E-state index is 12.8. The van der Waals surface area contributed by atoms with Crippen LogP contribution in [0.3, 0.4) is 0 Å². The van der Waals surface area contributed by atoms with Gasteiger partial charge >= 0.3 is 5.97 Å². The second kappa shape index (κ2) is 3.52. The molecule has 0 aliphatic carbocycles. The molecule has 0 saturated carbocycles. The maximum Gasteiger partial charge on any atom is 0.344 e. The minimum absolute atomic E-state index is 0.287. The van der Waals surface area contributed by atoms with Gasteiger partial charge in [-0.2, -0.15) is 0 Å². The van der Waals surface area contributed by atoms with Crippen LogP contribution in [0.5, 0.6) is 0 Å². The summed E-state index contributed by atoms with van der Waals surface area (Å²) in [5, 5.41) is 8.33. The number of halogens is 3. The van der Waals surface area contributed by atoms with Gasteiger partial charge in [-0.05, 0) is 0 Å². The summed E-state index contributed by atoms with van der Waals surface area (Å²) in [6, 6.07) is 0.287. The number of H-pyrrole nitrogens is 1. The van der Waals surface area contributed by atoms with E-state index in [4.69, 9.17) is 5.11 Å². The zero-order valence-electron chi connectivity index (χ0n) is 6.55. The Morgan fingerprint density at radius 1 is 1.50 bits per heavy atom. The molecule has 0 saturated heterocycles. The molecule has 1 heterocycles. The van der Waals surface area contributed by atoms with Crippen molar-refractivity contribution >= 4 is 5.97 Å². The third-order valence-electron chi connectivity index (χ3n) is 1.45. The van der Waals surface area contributed by atoms with Gasteiger partial charge in [0.1, 0.15) is 5.82 Å². The van der Waals surface area contributed by atoms with Gasteiger partial charge in [0.05, 0.1) is 5.69 Å². The Kier molecular flexibility index (Phi) is 2.59. The van der Waals surface area contributed by atoms with Crippen molar-refractivity contribution in [1.29, 1.82) is 0 Å². The Hall–Kier alpha value is -1.79. The van der Waals surface area contributed by atoms with Crippen molar-refractivity contribution in [2.75, 3.05) is 0 Å². The van der Waals surface area contributed by atoms with Gasteiger partial charge in [0.25, 0.3) is 12.0 Å². The molecule has 0 radical (unpaired) electrons. The lowest BCUT2D eigenvalue weighted by atomic mass is 10.2. The Balaban J connectivity index is 3.40. The van der Waals surface area contributed by atoms with Gasteiger partial charge in [0.15, 0.2) is 5.56 Å². The van der Waals surface area contributed by atoms with Crippen molar-refractivity contribution in [2.45, 2.75) is 6.43 Å². The van der Waals surface area contributed by atoms with E-state index in [1.807, 2.05) is 0 Å². The second-order valence-corrected chi connectivity index (χ2v) is 2.38. The number of aromatic amines is 1. The predicted molar refractivity (Wildman–Crippen MR) is 38.9 cm³/mol. The quantitative estimate of drug-likeness (QED) is 0.764. The van der Waals surface area contributed by atoms with E-state index in [2.05, 4.69) is 0 Å². The van der Waals surface area contributed by atoms with Crippen LogP contribution in [0.4, 0.5) is 13.2 Å². The third kappa shape index (κ3) is 1.76. The zero-order chi connectivity index (χ0) is 10.9. The summed E-state index contributed by atoms with van der Waals surface area (Å²) in [6.45, 7) is 0. The summed E-state index contributed by atoms with van der Waals surface area (Å²) in [7, 11) is 0. The number of hydrogen-bond acceptors (Lipinski definition) is 2. The van der Waals surface area contributed by atoms with Crippen LogP contribution in [0, 0.1) is 5.82 Å². The van der Waals surface area contributed by atoms with Crippen molar-refractivity contribution < 1.29 is 23.1 Å². The van der Waals surface area contributed by atoms with Gasteiger partial charge in [0.2, 0.25) is 0 Å². The SMILES string of the molecule is O=C(O)c1c(F)cc(C(F)F)[nH]c1=O. The normalized spacial score (nSPS) is 10.6. The number of aromatic carboxylic acids is 1. The Morgan fingerprint density at radius 2 is 2.07 bits per heavy atom. The second-order valence-electron chi connectivity index (χ2n) is 2.38. The fourth-order valence-corrected chi connectivity index (χ4v) is 0.864. The van der Waals surface area contributed by atoms with Crippen LogP contribution in [-0.2, 0) is 0 Å². The van der Waals surface area contributed by atoms with Crippen LogP contribution >= 0.6 is 0 Å². The van der Waals surface area contributed by atoms with E-state index in [9.17, 15) is 22.8 Å². The molecule has 4 nitrogen and oxygen atoms in total. The molecule has 0 fully saturated rings. The highest BCUT2D eigenvalue weighted by Crippen LogP contribution is 2.16. The molecule has 1 aromatic rings. The molecule has 0 aromatic carbocycles. The zero-order valence-corrected chi connectivity index (χ0v) is 6.55. The van der Waals surface area contributed by atoms with Gasteiger partial charge in [-0.3, -0.25) is 4.79 Å². The Bertz CT molecular complexity index is 427. The number of rotatable bonds is 2. The Morgan fingerprint density at radius 3 is 2.43 bits per heavy atom. The minimum atomic E-state index is -3.06. The van der Waals surface area contributed by atoms with Crippen LogP contribution < -0.4 is 5.56 Å². The first-order valence-electron chi connectivity index (χ1n) is 3.37. The molecule has 0 aliphatic heterocycles. The molecule has 1 rings (SSSR count). The monoisotopic (exact) mass is 207 g/mol. The maximum absolute atomic E-state index is 12.8. The van der Waals surface area contributed by atoms with Crippen molar-refractivity contribution in [3.05, 3.63) is 33.5 Å². The number of alkyl halides is 2. The number of pyridine rings is 1. The van der Waals surface area contributed by atoms with E-state index in [0.717, 1.165) is 0 Å². The number of aromatic nitrogens is 1. The number of carboxylic acid groups (broad SMARTS) is 1. The highest BCUT2D eigenvalue weighted by molar-refractivity contribution is 5.87. The van der Waals surface area contributed by atoms with Gasteiger partial charge in [0, 0.05) is 6.07 Å². The molecular formula is C7H4F3NO3. The van der Waals surface area contributed by atoms with Gasteiger partial charge in [-0.1, -0.05) is 0 Å². The smallest absolute Gasteiger partial charge is 0.344 e. The van der Waals surface area contributed by atoms with Crippen molar-refractivity contribution in [3.8, 4) is 0 Å². The van der Waals surface area contributed by atoms with Crippen molar-refractivity contribution in [1.82, 2.24) is 4.98 Å². The van der Waals surface area contributed by atoms with Crippen molar-refractivity contribution in [3.63, 3.8) is 0 Å². The molecule has 0 spiro atoms. The standard InChI is InChI=1S/C7H4F3NO3/c8-2-1-3(5(9)10)11-6(12)4(2)7(13)14/h1,5H,(H,11,12)(H,13,14). The average Bonchev–Trinajstić information content (AvgIpc) is 2.01. The fraction of sp³-hybridized carbons (Fsp3) is 0.143. The molecule has 0 unspecified atom stereocenters. The highest BCUT2D eigenvalue weighted by Gasteiger charge is 2.19. The van der Waals surface area contributed by atoms with Crippen LogP contribution in [0.25, 0.3) is 0 Å². The molecule has 1 aromatic heterocycles. The van der Waals surface area contributed by atoms with Gasteiger partial charge in [-0.15, -0.1) is 0 Å². The van der Waals surface area contributed by atoms with Crippen LogP contribution in [-0.4, -0.2) is 16.1 Å². The lowest BCUT2D eigenvalue weighted by Crippen LogP contribution is -2.21. The van der Waals surface area contributed by atoms with Gasteiger partial charge in [-0.25, -0.2) is 18.0 Å². The Labute approximate surface area is 75.0 Å². The van der Waals surface area contributed by atoms with Crippen LogP contribution in [0.1, 0.15) is 22.5 Å². The molecule has 2 N–H and O–H groups in total. The van der Waals surface area contributed by atoms with E-state index in [0.29, 0.717) is 0 Å². The first-order valence-corrected chi connectivity index (χ1v) is 3.37. The largest absolute Gasteiger partial charge is 0.477 e.